The number of carbonyl (C=O) groups excluding carboxylic acids is 1. The summed E-state index contributed by atoms with van der Waals surface area (Å²) in [6.45, 7) is 3.00. The fourth-order valence-corrected chi connectivity index (χ4v) is 1.87. The van der Waals surface area contributed by atoms with Gasteiger partial charge < -0.3 is 20.1 Å². The molecule has 0 spiro atoms. The summed E-state index contributed by atoms with van der Waals surface area (Å²) in [7, 11) is 1.78. The van der Waals surface area contributed by atoms with E-state index < -0.39 is 0 Å². The van der Waals surface area contributed by atoms with E-state index in [-0.39, 0.29) is 31.0 Å². The van der Waals surface area contributed by atoms with Gasteiger partial charge >= 0.3 is 0 Å². The van der Waals surface area contributed by atoms with Crippen molar-refractivity contribution >= 4 is 18.3 Å². The Balaban J connectivity index is 0.00000180. The normalized spacial score (nSPS) is 13.6. The number of carbonyl (C=O) groups is 1. The van der Waals surface area contributed by atoms with Crippen LogP contribution in [0.25, 0.3) is 0 Å². The molecule has 6 heteroatoms. The van der Waals surface area contributed by atoms with Crippen LogP contribution in [0.1, 0.15) is 12.5 Å². The van der Waals surface area contributed by atoms with Crippen molar-refractivity contribution in [3.63, 3.8) is 0 Å². The fraction of sp³-hybridized carbons (Fsp3) is 0.462. The number of nitrogens with two attached hydrogens (primary N) is 1. The van der Waals surface area contributed by atoms with Crippen LogP contribution in [0.2, 0.25) is 0 Å². The van der Waals surface area contributed by atoms with Crippen molar-refractivity contribution in [3.8, 4) is 11.5 Å². The Hall–Kier alpha value is -1.46. The molecule has 2 N–H and O–H groups in total. The van der Waals surface area contributed by atoms with E-state index in [1.165, 1.54) is 0 Å². The first-order valence-electron chi connectivity index (χ1n) is 5.95. The van der Waals surface area contributed by atoms with Crippen molar-refractivity contribution in [3.05, 3.63) is 23.8 Å². The van der Waals surface area contributed by atoms with E-state index >= 15 is 0 Å². The predicted octanol–water partition coefficient (Wildman–Crippen LogP) is 1.39. The minimum absolute atomic E-state index is 0. The van der Waals surface area contributed by atoms with E-state index in [1.54, 1.807) is 11.9 Å². The number of fused-ring (bicyclic) bond motifs is 1. The van der Waals surface area contributed by atoms with Crippen LogP contribution < -0.4 is 15.2 Å². The molecule has 1 unspecified atom stereocenters. The molecular formula is C13H19ClN2O3. The summed E-state index contributed by atoms with van der Waals surface area (Å²) in [5.74, 6) is 1.39. The Morgan fingerprint density at radius 2 is 2.11 bits per heavy atom. The van der Waals surface area contributed by atoms with E-state index in [1.807, 2.05) is 25.1 Å². The van der Waals surface area contributed by atoms with Crippen molar-refractivity contribution in [2.75, 3.05) is 20.4 Å². The largest absolute Gasteiger partial charge is 0.454 e. The van der Waals surface area contributed by atoms with Gasteiger partial charge in [-0.1, -0.05) is 13.0 Å². The molecule has 1 aromatic carbocycles. The first-order valence-corrected chi connectivity index (χ1v) is 5.95. The lowest BCUT2D eigenvalue weighted by Crippen LogP contribution is -2.34. The maximum atomic E-state index is 11.9. The van der Waals surface area contributed by atoms with Gasteiger partial charge in [-0.2, -0.15) is 0 Å². The van der Waals surface area contributed by atoms with E-state index in [4.69, 9.17) is 15.2 Å². The standard InChI is InChI=1S/C13H18N2O3.ClH/c1-9(6-14)13(16)15(2)7-10-3-4-11-12(5-10)18-8-17-11;/h3-5,9H,6-8,14H2,1-2H3;1H. The number of rotatable bonds is 4. The van der Waals surface area contributed by atoms with Gasteiger partial charge in [-0.05, 0) is 17.7 Å². The van der Waals surface area contributed by atoms with Crippen LogP contribution in [0, 0.1) is 5.92 Å². The van der Waals surface area contributed by atoms with Gasteiger partial charge in [-0.15, -0.1) is 12.4 Å². The van der Waals surface area contributed by atoms with E-state index in [0.717, 1.165) is 17.1 Å². The monoisotopic (exact) mass is 286 g/mol. The third kappa shape index (κ3) is 3.52. The first kappa shape index (κ1) is 15.6. The predicted molar refractivity (Wildman–Crippen MR) is 74.5 cm³/mol. The van der Waals surface area contributed by atoms with Gasteiger partial charge in [0.15, 0.2) is 11.5 Å². The quantitative estimate of drug-likeness (QED) is 0.908. The molecule has 1 atom stereocenters. The molecule has 0 aliphatic carbocycles. The molecule has 0 aromatic heterocycles. The zero-order valence-corrected chi connectivity index (χ0v) is 11.9. The van der Waals surface area contributed by atoms with Crippen LogP contribution in [-0.2, 0) is 11.3 Å². The third-order valence-electron chi connectivity index (χ3n) is 3.01. The Morgan fingerprint density at radius 1 is 1.42 bits per heavy atom. The van der Waals surface area contributed by atoms with Gasteiger partial charge in [0, 0.05) is 26.1 Å². The highest BCUT2D eigenvalue weighted by Gasteiger charge is 2.18. The molecule has 0 saturated heterocycles. The van der Waals surface area contributed by atoms with Gasteiger partial charge in [0.25, 0.3) is 0 Å². The molecule has 0 saturated carbocycles. The minimum atomic E-state index is -0.149. The second kappa shape index (κ2) is 6.63. The summed E-state index contributed by atoms with van der Waals surface area (Å²) >= 11 is 0. The average molecular weight is 287 g/mol. The first-order chi connectivity index (χ1) is 8.61. The summed E-state index contributed by atoms with van der Waals surface area (Å²) in [4.78, 5) is 13.6. The Morgan fingerprint density at radius 3 is 2.79 bits per heavy atom. The molecule has 5 nitrogen and oxygen atoms in total. The summed E-state index contributed by atoms with van der Waals surface area (Å²) < 4.78 is 10.5. The number of nitrogens with zero attached hydrogens (tertiary/aromatic N) is 1. The zero-order valence-electron chi connectivity index (χ0n) is 11.1. The number of benzene rings is 1. The highest BCUT2D eigenvalue weighted by molar-refractivity contribution is 5.85. The number of ether oxygens (including phenoxy) is 2. The van der Waals surface area contributed by atoms with E-state index in [0.29, 0.717) is 13.1 Å². The second-order valence-electron chi connectivity index (χ2n) is 4.52. The average Bonchev–Trinajstić information content (AvgIpc) is 2.84. The third-order valence-corrected chi connectivity index (χ3v) is 3.01. The van der Waals surface area contributed by atoms with Crippen LogP contribution >= 0.6 is 12.4 Å². The molecule has 1 aliphatic rings. The smallest absolute Gasteiger partial charge is 0.231 e. The topological polar surface area (TPSA) is 64.8 Å². The van der Waals surface area contributed by atoms with Crippen LogP contribution in [0.3, 0.4) is 0 Å². The highest BCUT2D eigenvalue weighted by atomic mass is 35.5. The molecule has 1 aromatic rings. The van der Waals surface area contributed by atoms with Gasteiger partial charge in [0.05, 0.1) is 0 Å². The molecule has 1 amide bonds. The molecule has 0 bridgehead atoms. The van der Waals surface area contributed by atoms with Crippen molar-refractivity contribution in [2.24, 2.45) is 11.7 Å². The number of amides is 1. The lowest BCUT2D eigenvalue weighted by atomic mass is 10.1. The van der Waals surface area contributed by atoms with Gasteiger partial charge in [-0.25, -0.2) is 0 Å². The second-order valence-corrected chi connectivity index (χ2v) is 4.52. The van der Waals surface area contributed by atoms with Crippen molar-refractivity contribution in [2.45, 2.75) is 13.5 Å². The number of hydrogen-bond acceptors (Lipinski definition) is 4. The zero-order chi connectivity index (χ0) is 13.1. The summed E-state index contributed by atoms with van der Waals surface area (Å²) in [5.41, 5.74) is 6.51. The molecule has 2 rings (SSSR count). The Labute approximate surface area is 119 Å². The lowest BCUT2D eigenvalue weighted by Gasteiger charge is -2.20. The van der Waals surface area contributed by atoms with Crippen molar-refractivity contribution < 1.29 is 14.3 Å². The molecular weight excluding hydrogens is 268 g/mol. The van der Waals surface area contributed by atoms with Gasteiger partial charge in [0.2, 0.25) is 12.7 Å². The molecule has 106 valence electrons. The minimum Gasteiger partial charge on any atom is -0.454 e. The van der Waals surface area contributed by atoms with E-state index in [2.05, 4.69) is 0 Å². The SMILES string of the molecule is CC(CN)C(=O)N(C)Cc1ccc2c(c1)OCO2.Cl. The van der Waals surface area contributed by atoms with Gasteiger partial charge in [0.1, 0.15) is 0 Å². The van der Waals surface area contributed by atoms with Crippen molar-refractivity contribution in [1.29, 1.82) is 0 Å². The highest BCUT2D eigenvalue weighted by Crippen LogP contribution is 2.32. The maximum absolute atomic E-state index is 11.9. The fourth-order valence-electron chi connectivity index (χ4n) is 1.87. The summed E-state index contributed by atoms with van der Waals surface area (Å²) in [6, 6.07) is 5.70. The maximum Gasteiger partial charge on any atom is 0.231 e. The van der Waals surface area contributed by atoms with Crippen LogP contribution in [0.15, 0.2) is 18.2 Å². The molecule has 1 aliphatic heterocycles. The van der Waals surface area contributed by atoms with Crippen LogP contribution in [-0.4, -0.2) is 31.2 Å². The Kier molecular flexibility index (Phi) is 5.44. The molecule has 1 heterocycles. The molecule has 0 fully saturated rings. The van der Waals surface area contributed by atoms with E-state index in [9.17, 15) is 4.79 Å². The van der Waals surface area contributed by atoms with Gasteiger partial charge in [-0.3, -0.25) is 4.79 Å². The summed E-state index contributed by atoms with van der Waals surface area (Å²) in [6.07, 6.45) is 0. The van der Waals surface area contributed by atoms with Crippen molar-refractivity contribution in [1.82, 2.24) is 4.90 Å². The van der Waals surface area contributed by atoms with Crippen LogP contribution in [0.4, 0.5) is 0 Å². The lowest BCUT2D eigenvalue weighted by molar-refractivity contribution is -0.133. The molecule has 19 heavy (non-hydrogen) atoms. The molecule has 0 radical (unpaired) electrons. The van der Waals surface area contributed by atoms with Crippen LogP contribution in [0.5, 0.6) is 11.5 Å². The summed E-state index contributed by atoms with van der Waals surface area (Å²) in [5, 5.41) is 0. The number of halogens is 1. The Bertz CT molecular complexity index is 454. The number of hydrogen-bond donors (Lipinski definition) is 1.